The van der Waals surface area contributed by atoms with Crippen LogP contribution in [0.25, 0.3) is 0 Å². The Labute approximate surface area is 139 Å². The second kappa shape index (κ2) is 6.55. The van der Waals surface area contributed by atoms with E-state index in [2.05, 4.69) is 15.9 Å². The molecule has 0 heterocycles. The molecule has 22 heavy (non-hydrogen) atoms. The summed E-state index contributed by atoms with van der Waals surface area (Å²) in [5.74, 6) is -0.665. The van der Waals surface area contributed by atoms with Gasteiger partial charge in [0.1, 0.15) is 5.54 Å². The minimum absolute atomic E-state index is 0.152. The van der Waals surface area contributed by atoms with Crippen molar-refractivity contribution in [3.05, 3.63) is 27.7 Å². The molecule has 0 saturated heterocycles. The van der Waals surface area contributed by atoms with Crippen molar-refractivity contribution in [1.82, 2.24) is 0 Å². The predicted molar refractivity (Wildman–Crippen MR) is 89.9 cm³/mol. The van der Waals surface area contributed by atoms with Crippen LogP contribution in [0.2, 0.25) is 0 Å². The summed E-state index contributed by atoms with van der Waals surface area (Å²) in [6.45, 7) is 8.39. The molecule has 0 bridgehead atoms. The second-order valence-electron chi connectivity index (χ2n) is 5.48. The van der Waals surface area contributed by atoms with Gasteiger partial charge in [0.15, 0.2) is 0 Å². The fraction of sp³-hybridized carbons (Fsp3) is 0.500. The van der Waals surface area contributed by atoms with Gasteiger partial charge in [-0.25, -0.2) is 14.2 Å². The van der Waals surface area contributed by atoms with Gasteiger partial charge in [-0.05, 0) is 57.9 Å². The van der Waals surface area contributed by atoms with E-state index in [-0.39, 0.29) is 6.61 Å². The summed E-state index contributed by atoms with van der Waals surface area (Å²) < 4.78 is 30.9. The van der Waals surface area contributed by atoms with E-state index in [4.69, 9.17) is 9.88 Å². The van der Waals surface area contributed by atoms with E-state index in [0.29, 0.717) is 5.69 Å². The van der Waals surface area contributed by atoms with E-state index < -0.39 is 21.7 Å². The van der Waals surface area contributed by atoms with Crippen LogP contribution in [0.1, 0.15) is 31.9 Å². The highest BCUT2D eigenvalue weighted by Crippen LogP contribution is 2.32. The Bertz CT molecular complexity index is 663. The molecule has 6 nitrogen and oxygen atoms in total. The standard InChI is InChI=1S/C14H21BrN2O4S/c1-6-21-13(18)14(4,5)17(22(16,19)20)11-7-9(2)12(15)10(3)8-11/h7-8H,6H2,1-5H3,(H2,16,19,20). The van der Waals surface area contributed by atoms with E-state index in [9.17, 15) is 13.2 Å². The summed E-state index contributed by atoms with van der Waals surface area (Å²) in [7, 11) is -4.17. The van der Waals surface area contributed by atoms with Crippen LogP contribution < -0.4 is 9.44 Å². The van der Waals surface area contributed by atoms with Crippen molar-refractivity contribution < 1.29 is 17.9 Å². The van der Waals surface area contributed by atoms with Crippen molar-refractivity contribution in [3.63, 3.8) is 0 Å². The molecule has 1 aromatic carbocycles. The monoisotopic (exact) mass is 392 g/mol. The van der Waals surface area contributed by atoms with Crippen molar-refractivity contribution in [2.75, 3.05) is 10.9 Å². The Hall–Kier alpha value is -1.12. The van der Waals surface area contributed by atoms with E-state index >= 15 is 0 Å². The van der Waals surface area contributed by atoms with Gasteiger partial charge in [0.05, 0.1) is 12.3 Å². The number of aryl methyl sites for hydroxylation is 2. The lowest BCUT2D eigenvalue weighted by Crippen LogP contribution is -2.56. The Morgan fingerprint density at radius 2 is 1.77 bits per heavy atom. The fourth-order valence-electron chi connectivity index (χ4n) is 2.22. The average Bonchev–Trinajstić information content (AvgIpc) is 2.34. The molecule has 0 spiro atoms. The van der Waals surface area contributed by atoms with Crippen LogP contribution in [0.5, 0.6) is 0 Å². The first-order valence-electron chi connectivity index (χ1n) is 6.70. The first-order valence-corrected chi connectivity index (χ1v) is 8.99. The molecule has 0 aliphatic rings. The molecule has 0 aliphatic heterocycles. The maximum absolute atomic E-state index is 12.2. The molecule has 0 amide bonds. The van der Waals surface area contributed by atoms with Crippen molar-refractivity contribution >= 4 is 37.8 Å². The van der Waals surface area contributed by atoms with Crippen LogP contribution in [0, 0.1) is 13.8 Å². The van der Waals surface area contributed by atoms with Gasteiger partial charge in [-0.2, -0.15) is 8.42 Å². The van der Waals surface area contributed by atoms with Crippen molar-refractivity contribution in [3.8, 4) is 0 Å². The quantitative estimate of drug-likeness (QED) is 0.778. The van der Waals surface area contributed by atoms with Crippen LogP contribution in [-0.2, 0) is 19.7 Å². The van der Waals surface area contributed by atoms with Gasteiger partial charge in [-0.15, -0.1) is 0 Å². The van der Waals surface area contributed by atoms with Crippen molar-refractivity contribution in [2.24, 2.45) is 5.14 Å². The molecule has 1 rings (SSSR count). The molecule has 0 unspecified atom stereocenters. The average molecular weight is 393 g/mol. The Balaban J connectivity index is 3.53. The molecule has 0 radical (unpaired) electrons. The molecule has 1 aromatic rings. The number of carbonyl (C=O) groups excluding carboxylic acids is 1. The number of halogens is 1. The van der Waals surface area contributed by atoms with E-state index in [0.717, 1.165) is 19.9 Å². The zero-order valence-electron chi connectivity index (χ0n) is 13.3. The summed E-state index contributed by atoms with van der Waals surface area (Å²) in [5.41, 5.74) is 0.529. The third kappa shape index (κ3) is 3.80. The molecule has 0 saturated carbocycles. The number of esters is 1. The minimum Gasteiger partial charge on any atom is -0.464 e. The van der Waals surface area contributed by atoms with Crippen LogP contribution >= 0.6 is 15.9 Å². The first kappa shape index (κ1) is 18.9. The summed E-state index contributed by atoms with van der Waals surface area (Å²) in [4.78, 5) is 12.2. The SMILES string of the molecule is CCOC(=O)C(C)(C)N(c1cc(C)c(Br)c(C)c1)S(N)(=O)=O. The zero-order valence-corrected chi connectivity index (χ0v) is 15.7. The van der Waals surface area contributed by atoms with E-state index in [1.54, 1.807) is 19.1 Å². The summed E-state index contributed by atoms with van der Waals surface area (Å²) in [6, 6.07) is 3.31. The van der Waals surface area contributed by atoms with E-state index in [1.807, 2.05) is 13.8 Å². The number of hydrogen-bond donors (Lipinski definition) is 1. The van der Waals surface area contributed by atoms with Gasteiger partial charge in [0.2, 0.25) is 0 Å². The fourth-order valence-corrected chi connectivity index (χ4v) is 3.56. The third-order valence-electron chi connectivity index (χ3n) is 3.19. The number of hydrogen-bond acceptors (Lipinski definition) is 4. The smallest absolute Gasteiger partial charge is 0.332 e. The number of nitrogens with two attached hydrogens (primary N) is 1. The minimum atomic E-state index is -4.17. The van der Waals surface area contributed by atoms with Crippen LogP contribution in [0.3, 0.4) is 0 Å². The molecule has 124 valence electrons. The summed E-state index contributed by atoms with van der Waals surface area (Å²) in [5, 5.41) is 5.35. The maximum Gasteiger partial charge on any atom is 0.332 e. The van der Waals surface area contributed by atoms with Gasteiger partial charge < -0.3 is 4.74 Å². The molecule has 0 fully saturated rings. The van der Waals surface area contributed by atoms with Crippen LogP contribution in [-0.4, -0.2) is 26.5 Å². The number of carbonyl (C=O) groups is 1. The molecular weight excluding hydrogens is 372 g/mol. The molecule has 8 heteroatoms. The number of nitrogens with zero attached hydrogens (tertiary/aromatic N) is 1. The number of anilines is 1. The molecule has 0 aromatic heterocycles. The lowest BCUT2D eigenvalue weighted by molar-refractivity contribution is -0.147. The Morgan fingerprint density at radius 1 is 1.32 bits per heavy atom. The second-order valence-corrected chi connectivity index (χ2v) is 7.67. The highest BCUT2D eigenvalue weighted by molar-refractivity contribution is 9.10. The molecule has 2 N–H and O–H groups in total. The maximum atomic E-state index is 12.2. The predicted octanol–water partition coefficient (Wildman–Crippen LogP) is 2.42. The first-order chi connectivity index (χ1) is 9.92. The lowest BCUT2D eigenvalue weighted by Gasteiger charge is -2.36. The molecule has 0 aliphatic carbocycles. The topological polar surface area (TPSA) is 89.7 Å². The number of rotatable bonds is 5. The van der Waals surface area contributed by atoms with Gasteiger partial charge in [0, 0.05) is 4.47 Å². The highest BCUT2D eigenvalue weighted by Gasteiger charge is 2.42. The zero-order chi connectivity index (χ0) is 17.3. The van der Waals surface area contributed by atoms with Gasteiger partial charge in [-0.3, -0.25) is 0 Å². The Morgan fingerprint density at radius 3 is 2.14 bits per heavy atom. The highest BCUT2D eigenvalue weighted by atomic mass is 79.9. The van der Waals surface area contributed by atoms with Crippen LogP contribution in [0.15, 0.2) is 16.6 Å². The molecular formula is C14H21BrN2O4S. The normalized spacial score (nSPS) is 12.1. The Kier molecular flexibility index (Phi) is 5.64. The van der Waals surface area contributed by atoms with Gasteiger partial charge >= 0.3 is 5.97 Å². The number of benzene rings is 1. The lowest BCUT2D eigenvalue weighted by atomic mass is 10.0. The molecule has 0 atom stereocenters. The summed E-state index contributed by atoms with van der Waals surface area (Å²) in [6.07, 6.45) is 0. The van der Waals surface area contributed by atoms with Crippen molar-refractivity contribution in [2.45, 2.75) is 40.2 Å². The van der Waals surface area contributed by atoms with Gasteiger partial charge in [-0.1, -0.05) is 15.9 Å². The van der Waals surface area contributed by atoms with Gasteiger partial charge in [0.25, 0.3) is 10.2 Å². The van der Waals surface area contributed by atoms with Crippen LogP contribution in [0.4, 0.5) is 5.69 Å². The van der Waals surface area contributed by atoms with E-state index in [1.165, 1.54) is 13.8 Å². The number of ether oxygens (including phenoxy) is 1. The largest absolute Gasteiger partial charge is 0.464 e. The summed E-state index contributed by atoms with van der Waals surface area (Å²) >= 11 is 3.43. The third-order valence-corrected chi connectivity index (χ3v) is 5.62. The van der Waals surface area contributed by atoms with Crippen molar-refractivity contribution in [1.29, 1.82) is 0 Å².